The van der Waals surface area contributed by atoms with Gasteiger partial charge in [-0.1, -0.05) is 6.07 Å². The molecule has 0 saturated carbocycles. The molecule has 0 spiro atoms. The Bertz CT molecular complexity index is 2610. The number of aromatic amines is 2. The molecule has 1 saturated heterocycles. The molecule has 296 valence electrons. The number of ether oxygens (including phenoxy) is 3. The van der Waals surface area contributed by atoms with E-state index in [9.17, 15) is 32.3 Å². The van der Waals surface area contributed by atoms with Crippen molar-refractivity contribution < 1.29 is 51.0 Å². The van der Waals surface area contributed by atoms with Gasteiger partial charge in [-0.25, -0.2) is 9.59 Å². The quantitative estimate of drug-likeness (QED) is 0.112. The number of methoxy groups -OCH3 is 2. The molecule has 6 aromatic rings. The average Bonchev–Trinajstić information content (AvgIpc) is 3.99. The molecule has 14 nitrogen and oxygen atoms in total. The van der Waals surface area contributed by atoms with Crippen LogP contribution in [0.3, 0.4) is 0 Å². The number of H-pyrrole nitrogens is 2. The fourth-order valence-corrected chi connectivity index (χ4v) is 7.71. The van der Waals surface area contributed by atoms with Crippen molar-refractivity contribution in [3.63, 3.8) is 0 Å². The lowest BCUT2D eigenvalue weighted by Crippen LogP contribution is -2.48. The Hall–Kier alpha value is -6.20. The Morgan fingerprint density at radius 3 is 2.46 bits per heavy atom. The first-order chi connectivity index (χ1) is 27.3. The predicted molar refractivity (Wildman–Crippen MR) is 204 cm³/mol. The average molecular weight is 807 g/mol. The topological polar surface area (TPSA) is 162 Å². The van der Waals surface area contributed by atoms with Crippen molar-refractivity contribution in [1.82, 2.24) is 19.8 Å². The second kappa shape index (κ2) is 14.4. The van der Waals surface area contributed by atoms with Gasteiger partial charge in [-0.15, -0.1) is 11.6 Å². The summed E-state index contributed by atoms with van der Waals surface area (Å²) in [6, 6.07) is 14.6. The summed E-state index contributed by atoms with van der Waals surface area (Å²) >= 11 is 6.42. The Balaban J connectivity index is 1.16. The van der Waals surface area contributed by atoms with Gasteiger partial charge in [-0.3, -0.25) is 9.59 Å². The zero-order valence-electron chi connectivity index (χ0n) is 30.6. The van der Waals surface area contributed by atoms with Crippen molar-refractivity contribution in [2.45, 2.75) is 12.1 Å². The molecule has 1 atom stereocenters. The number of nitrogens with one attached hydrogen (secondary N) is 3. The SMILES string of the molecule is COC(=O)c1c(C(F)(F)F)[nH]c2c(OC(=O)N3CCN(C)CC3)cc3c(c12)[C@H](CCl)CN3C(=O)c1cc2cc(NC(=O)c3cc4c(OC)cccc4o3)ccc2[nH]1. The number of carbonyl (C=O) groups excluding carboxylic acids is 4. The number of likely N-dealkylation sites (N-methyl/N-ethyl adjacent to an activating group) is 1. The van der Waals surface area contributed by atoms with Gasteiger partial charge in [0.2, 0.25) is 0 Å². The second-order valence-electron chi connectivity index (χ2n) is 13.8. The second-order valence-corrected chi connectivity index (χ2v) is 14.1. The molecule has 3 aromatic heterocycles. The van der Waals surface area contributed by atoms with Gasteiger partial charge in [0.05, 0.1) is 36.4 Å². The minimum atomic E-state index is -5.04. The Morgan fingerprint density at radius 1 is 0.982 bits per heavy atom. The summed E-state index contributed by atoms with van der Waals surface area (Å²) in [7, 11) is 4.37. The maximum atomic E-state index is 14.5. The van der Waals surface area contributed by atoms with Crippen LogP contribution in [0.2, 0.25) is 0 Å². The standard InChI is InChI=1S/C39H34ClF3N6O8/c1-47-9-11-48(12-10-47)38(53)57-28-16-25-30(31-32(37(52)55-3)34(39(41,42)43)46-33(28)31)20(17-40)18-49(25)36(51)24-14-19-13-21(7-8-23(19)45-24)44-35(50)29-15-22-26(54-2)5-4-6-27(22)56-29/h4-8,13-16,20,45-46H,9-12,17-18H2,1-3H3,(H,44,50)/t20-/m1/s1. The number of esters is 1. The highest BCUT2D eigenvalue weighted by Gasteiger charge is 2.44. The first-order valence-electron chi connectivity index (χ1n) is 17.7. The molecule has 5 heterocycles. The van der Waals surface area contributed by atoms with E-state index in [0.29, 0.717) is 59.5 Å². The van der Waals surface area contributed by atoms with Crippen molar-refractivity contribution in [3.8, 4) is 11.5 Å². The summed E-state index contributed by atoms with van der Waals surface area (Å²) in [4.78, 5) is 64.2. The number of anilines is 2. The van der Waals surface area contributed by atoms with Gasteiger partial charge in [-0.05, 0) is 49.0 Å². The van der Waals surface area contributed by atoms with E-state index >= 15 is 0 Å². The zero-order valence-corrected chi connectivity index (χ0v) is 31.4. The maximum Gasteiger partial charge on any atom is 0.432 e. The van der Waals surface area contributed by atoms with E-state index in [0.717, 1.165) is 7.11 Å². The van der Waals surface area contributed by atoms with Gasteiger partial charge < -0.3 is 48.6 Å². The van der Waals surface area contributed by atoms with Gasteiger partial charge in [0.25, 0.3) is 11.8 Å². The number of hydrogen-bond donors (Lipinski definition) is 3. The van der Waals surface area contributed by atoms with E-state index in [1.54, 1.807) is 48.5 Å². The molecule has 0 aliphatic carbocycles. The lowest BCUT2D eigenvalue weighted by Gasteiger charge is -2.31. The van der Waals surface area contributed by atoms with Crippen LogP contribution in [0.1, 0.15) is 48.6 Å². The van der Waals surface area contributed by atoms with Gasteiger partial charge in [0, 0.05) is 78.6 Å². The van der Waals surface area contributed by atoms with Crippen molar-refractivity contribution in [3.05, 3.63) is 82.9 Å². The summed E-state index contributed by atoms with van der Waals surface area (Å²) in [5.41, 5.74) is -0.665. The van der Waals surface area contributed by atoms with E-state index in [2.05, 4.69) is 15.3 Å². The number of piperazine rings is 1. The van der Waals surface area contributed by atoms with Crippen LogP contribution >= 0.6 is 11.6 Å². The van der Waals surface area contributed by atoms with Crippen molar-refractivity contribution in [2.75, 3.05) is 70.1 Å². The number of nitrogens with zero attached hydrogens (tertiary/aromatic N) is 3. The molecular weight excluding hydrogens is 773 g/mol. The fourth-order valence-electron chi connectivity index (χ4n) is 7.46. The van der Waals surface area contributed by atoms with E-state index < -0.39 is 47.2 Å². The number of amides is 3. The number of rotatable bonds is 7. The van der Waals surface area contributed by atoms with Crippen molar-refractivity contribution >= 4 is 79.6 Å². The molecule has 3 aromatic carbocycles. The number of alkyl halides is 4. The van der Waals surface area contributed by atoms with Gasteiger partial charge >= 0.3 is 18.2 Å². The van der Waals surface area contributed by atoms with Crippen LogP contribution in [0.4, 0.5) is 29.3 Å². The number of benzene rings is 3. The van der Waals surface area contributed by atoms with Crippen molar-refractivity contribution in [2.24, 2.45) is 0 Å². The summed E-state index contributed by atoms with van der Waals surface area (Å²) in [5, 5.41) is 3.78. The lowest BCUT2D eigenvalue weighted by molar-refractivity contribution is -0.141. The number of halogens is 4. The number of fused-ring (bicyclic) bond motifs is 5. The number of aromatic nitrogens is 2. The normalized spacial score (nSPS) is 16.0. The predicted octanol–water partition coefficient (Wildman–Crippen LogP) is 7.19. The third-order valence-electron chi connectivity index (χ3n) is 10.3. The number of hydrogen-bond acceptors (Lipinski definition) is 9. The maximum absolute atomic E-state index is 14.5. The third-order valence-corrected chi connectivity index (χ3v) is 10.7. The summed E-state index contributed by atoms with van der Waals surface area (Å²) in [6.45, 7) is 1.66. The van der Waals surface area contributed by atoms with Crippen molar-refractivity contribution in [1.29, 1.82) is 0 Å². The zero-order chi connectivity index (χ0) is 40.3. The first-order valence-corrected chi connectivity index (χ1v) is 18.2. The van der Waals surface area contributed by atoms with Crippen LogP contribution in [0.25, 0.3) is 32.8 Å². The Kier molecular flexibility index (Phi) is 9.52. The molecule has 2 aliphatic heterocycles. The molecule has 3 amide bonds. The number of furan rings is 1. The molecule has 1 fully saturated rings. The van der Waals surface area contributed by atoms with Gasteiger partial charge in [0.1, 0.15) is 22.7 Å². The molecule has 8 rings (SSSR count). The highest BCUT2D eigenvalue weighted by molar-refractivity contribution is 6.20. The first kappa shape index (κ1) is 37.7. The van der Waals surface area contributed by atoms with Crippen LogP contribution in [-0.4, -0.2) is 104 Å². The van der Waals surface area contributed by atoms with E-state index in [4.69, 9.17) is 30.2 Å². The molecule has 3 N–H and O–H groups in total. The number of carbonyl (C=O) groups is 4. The molecule has 0 unspecified atom stereocenters. The monoisotopic (exact) mass is 806 g/mol. The lowest BCUT2D eigenvalue weighted by atomic mass is 9.95. The van der Waals surface area contributed by atoms with Crippen LogP contribution in [0.15, 0.2) is 59.0 Å². The van der Waals surface area contributed by atoms with Crippen LogP contribution in [0.5, 0.6) is 11.5 Å². The van der Waals surface area contributed by atoms with E-state index in [-0.39, 0.29) is 51.8 Å². The fraction of sp³-hybridized carbons (Fsp3) is 0.282. The van der Waals surface area contributed by atoms with E-state index in [1.807, 2.05) is 11.9 Å². The van der Waals surface area contributed by atoms with Gasteiger partial charge in [0.15, 0.2) is 11.5 Å². The van der Waals surface area contributed by atoms with Crippen LogP contribution < -0.4 is 19.7 Å². The molecule has 0 radical (unpaired) electrons. The molecule has 57 heavy (non-hydrogen) atoms. The third kappa shape index (κ3) is 6.65. The summed E-state index contributed by atoms with van der Waals surface area (Å²) in [5.74, 6) is -2.95. The molecule has 0 bridgehead atoms. The highest BCUT2D eigenvalue weighted by atomic mass is 35.5. The Labute approximate surface area is 326 Å². The van der Waals surface area contributed by atoms with E-state index in [1.165, 1.54) is 23.0 Å². The van der Waals surface area contributed by atoms with Gasteiger partial charge in [-0.2, -0.15) is 13.2 Å². The van der Waals surface area contributed by atoms with Crippen LogP contribution in [0, 0.1) is 0 Å². The summed E-state index contributed by atoms with van der Waals surface area (Å²) in [6.07, 6.45) is -5.85. The molecule has 18 heteroatoms. The highest BCUT2D eigenvalue weighted by Crippen LogP contribution is 2.50. The largest absolute Gasteiger partial charge is 0.496 e. The molecule has 2 aliphatic rings. The summed E-state index contributed by atoms with van der Waals surface area (Å²) < 4.78 is 65.3. The minimum Gasteiger partial charge on any atom is -0.496 e. The Morgan fingerprint density at radius 2 is 1.75 bits per heavy atom. The molecular formula is C39H34ClF3N6O8. The smallest absolute Gasteiger partial charge is 0.432 e. The minimum absolute atomic E-state index is 0.0592. The van der Waals surface area contributed by atoms with Crippen LogP contribution in [-0.2, 0) is 10.9 Å².